The molecule has 3 aliphatic carbocycles. The van der Waals surface area contributed by atoms with Crippen molar-refractivity contribution in [2.45, 2.75) is 24.9 Å². The van der Waals surface area contributed by atoms with Gasteiger partial charge in [-0.2, -0.15) is 0 Å². The summed E-state index contributed by atoms with van der Waals surface area (Å²) < 4.78 is 0. The van der Waals surface area contributed by atoms with Crippen LogP contribution in [0.5, 0.6) is 5.75 Å². The number of phenolic OH excluding ortho intramolecular Hbond substituents is 1. The molecule has 4 rings (SSSR count). The number of primary amides is 1. The van der Waals surface area contributed by atoms with Crippen LogP contribution >= 0.6 is 11.6 Å². The number of phenols is 1. The number of amides is 1. The first kappa shape index (κ1) is 22.1. The molecule has 32 heavy (non-hydrogen) atoms. The molecular formula is C22H20ClNO8. The number of allylic oxidation sites excluding steroid dienone is 2. The van der Waals surface area contributed by atoms with Crippen LogP contribution in [-0.2, 0) is 16.0 Å². The standard InChI is InChI=1S/C22H20ClNO8/c23-11(7-25)4-8-1-2-13(26)16-12(8)5-9-3-10-6-14(27)17(21(24)31)20(30)22(10,32)19(29)15(9)18(16)28/h1-2,4,9-10,25-27,29,32H,3,5-7H2,(H2,24,31)/b11-4-/t9?,10?,22-/m0/s1. The molecule has 1 aromatic rings. The minimum atomic E-state index is -2.59. The zero-order valence-corrected chi connectivity index (χ0v) is 17.4. The molecule has 3 atom stereocenters. The molecule has 0 radical (unpaired) electrons. The van der Waals surface area contributed by atoms with Crippen molar-refractivity contribution < 1.29 is 39.9 Å². The maximum atomic E-state index is 13.3. The molecule has 1 amide bonds. The smallest absolute Gasteiger partial charge is 0.255 e. The second-order valence-corrected chi connectivity index (χ2v) is 8.67. The Morgan fingerprint density at radius 2 is 1.91 bits per heavy atom. The van der Waals surface area contributed by atoms with Crippen molar-refractivity contribution in [3.8, 4) is 5.75 Å². The third-order valence-corrected chi connectivity index (χ3v) is 6.67. The quantitative estimate of drug-likeness (QED) is 0.363. The Morgan fingerprint density at radius 1 is 1.22 bits per heavy atom. The maximum Gasteiger partial charge on any atom is 0.255 e. The summed E-state index contributed by atoms with van der Waals surface area (Å²) in [6.07, 6.45) is 1.36. The van der Waals surface area contributed by atoms with E-state index in [1.807, 2.05) is 0 Å². The number of aliphatic hydroxyl groups excluding tert-OH is 3. The summed E-state index contributed by atoms with van der Waals surface area (Å²) in [5.41, 5.74) is 2.33. The van der Waals surface area contributed by atoms with Crippen LogP contribution in [0.2, 0.25) is 0 Å². The van der Waals surface area contributed by atoms with Crippen LogP contribution in [0.4, 0.5) is 0 Å². The number of benzene rings is 1. The van der Waals surface area contributed by atoms with E-state index >= 15 is 0 Å². The van der Waals surface area contributed by atoms with Gasteiger partial charge < -0.3 is 31.3 Å². The Morgan fingerprint density at radius 3 is 2.53 bits per heavy atom. The highest BCUT2D eigenvalue weighted by atomic mass is 35.5. The van der Waals surface area contributed by atoms with Crippen molar-refractivity contribution in [2.24, 2.45) is 17.6 Å². The predicted octanol–water partition coefficient (Wildman–Crippen LogP) is 1.15. The molecular weight excluding hydrogens is 442 g/mol. The topological polar surface area (TPSA) is 178 Å². The highest BCUT2D eigenvalue weighted by molar-refractivity contribution is 6.31. The molecule has 9 nitrogen and oxygen atoms in total. The van der Waals surface area contributed by atoms with E-state index in [-0.39, 0.29) is 41.2 Å². The number of halogens is 1. The zero-order valence-electron chi connectivity index (χ0n) is 16.6. The van der Waals surface area contributed by atoms with Crippen molar-refractivity contribution in [3.05, 3.63) is 56.5 Å². The fourth-order valence-electron chi connectivity index (χ4n) is 4.99. The summed E-state index contributed by atoms with van der Waals surface area (Å²) in [5, 5.41) is 52.0. The average molecular weight is 462 g/mol. The molecule has 2 unspecified atom stereocenters. The number of aromatic hydroxyl groups is 1. The number of nitrogens with two attached hydrogens (primary N) is 1. The number of hydrogen-bond acceptors (Lipinski definition) is 8. The van der Waals surface area contributed by atoms with Crippen LogP contribution < -0.4 is 5.73 Å². The first-order valence-electron chi connectivity index (χ1n) is 9.81. The molecule has 0 saturated heterocycles. The molecule has 10 heteroatoms. The zero-order chi connectivity index (χ0) is 23.5. The highest BCUT2D eigenvalue weighted by Crippen LogP contribution is 2.51. The first-order valence-corrected chi connectivity index (χ1v) is 10.2. The summed E-state index contributed by atoms with van der Waals surface area (Å²) in [7, 11) is 0. The van der Waals surface area contributed by atoms with Crippen molar-refractivity contribution in [1.29, 1.82) is 0 Å². The van der Waals surface area contributed by atoms with Crippen LogP contribution in [0.25, 0.3) is 6.08 Å². The number of carbonyl (C=O) groups excluding carboxylic acids is 3. The normalized spacial score (nSPS) is 27.8. The average Bonchev–Trinajstić information content (AvgIpc) is 2.72. The van der Waals surface area contributed by atoms with E-state index in [1.165, 1.54) is 18.2 Å². The van der Waals surface area contributed by atoms with Gasteiger partial charge in [-0.1, -0.05) is 17.7 Å². The SMILES string of the molecule is NC(=O)C1=C(O)CC2CC3Cc4c(/C=C(\Cl)CO)ccc(O)c4C(=O)C3=C(O)[C@]2(O)C1=O. The van der Waals surface area contributed by atoms with E-state index in [2.05, 4.69) is 0 Å². The van der Waals surface area contributed by atoms with Crippen LogP contribution in [0, 0.1) is 11.8 Å². The van der Waals surface area contributed by atoms with Gasteiger partial charge in [-0.25, -0.2) is 0 Å². The lowest BCUT2D eigenvalue weighted by Crippen LogP contribution is -2.57. The van der Waals surface area contributed by atoms with Crippen LogP contribution in [0.15, 0.2) is 39.8 Å². The molecule has 1 aromatic carbocycles. The summed E-state index contributed by atoms with van der Waals surface area (Å²) in [6, 6.07) is 2.80. The molecule has 7 N–H and O–H groups in total. The van der Waals surface area contributed by atoms with E-state index in [9.17, 15) is 39.9 Å². The number of rotatable bonds is 3. The van der Waals surface area contributed by atoms with Crippen molar-refractivity contribution in [3.63, 3.8) is 0 Å². The summed E-state index contributed by atoms with van der Waals surface area (Å²) in [5.74, 6) is -6.78. The number of Topliss-reactive ketones (excluding diaryl/α,β-unsaturated/α-hetero) is 2. The molecule has 168 valence electrons. The number of ketones is 2. The molecule has 0 aromatic heterocycles. The Balaban J connectivity index is 1.90. The maximum absolute atomic E-state index is 13.3. The van der Waals surface area contributed by atoms with Gasteiger partial charge in [-0.3, -0.25) is 14.4 Å². The fourth-order valence-corrected chi connectivity index (χ4v) is 5.11. The molecule has 0 bridgehead atoms. The lowest BCUT2D eigenvalue weighted by molar-refractivity contribution is -0.144. The Bertz CT molecular complexity index is 1180. The van der Waals surface area contributed by atoms with Crippen molar-refractivity contribution >= 4 is 35.2 Å². The van der Waals surface area contributed by atoms with Gasteiger partial charge in [-0.15, -0.1) is 0 Å². The van der Waals surface area contributed by atoms with E-state index in [0.29, 0.717) is 11.1 Å². The minimum Gasteiger partial charge on any atom is -0.511 e. The van der Waals surface area contributed by atoms with Gasteiger partial charge in [0.1, 0.15) is 22.8 Å². The summed E-state index contributed by atoms with van der Waals surface area (Å²) >= 11 is 5.93. The molecule has 0 fully saturated rings. The summed E-state index contributed by atoms with van der Waals surface area (Å²) in [6.45, 7) is -0.425. The summed E-state index contributed by atoms with van der Waals surface area (Å²) in [4.78, 5) is 37.9. The number of hydrogen-bond donors (Lipinski definition) is 6. The Labute approximate surface area is 186 Å². The molecule has 0 spiro atoms. The van der Waals surface area contributed by atoms with Gasteiger partial charge in [0.2, 0.25) is 5.78 Å². The van der Waals surface area contributed by atoms with Gasteiger partial charge in [-0.05, 0) is 42.0 Å². The second-order valence-electron chi connectivity index (χ2n) is 8.19. The minimum absolute atomic E-state index is 0.0372. The van der Waals surface area contributed by atoms with Crippen molar-refractivity contribution in [2.75, 3.05) is 6.61 Å². The van der Waals surface area contributed by atoms with E-state index in [1.54, 1.807) is 0 Å². The number of fused-ring (bicyclic) bond motifs is 3. The van der Waals surface area contributed by atoms with Crippen LogP contribution in [-0.4, -0.2) is 55.2 Å². The van der Waals surface area contributed by atoms with Gasteiger partial charge in [0, 0.05) is 22.9 Å². The highest BCUT2D eigenvalue weighted by Gasteiger charge is 2.59. The van der Waals surface area contributed by atoms with Crippen molar-refractivity contribution in [1.82, 2.24) is 0 Å². The van der Waals surface area contributed by atoms with Gasteiger partial charge in [0.15, 0.2) is 11.4 Å². The Hall–Kier alpha value is -3.14. The molecule has 0 aliphatic heterocycles. The third-order valence-electron chi connectivity index (χ3n) is 6.44. The predicted molar refractivity (Wildman–Crippen MR) is 112 cm³/mol. The van der Waals surface area contributed by atoms with Crippen LogP contribution in [0.1, 0.15) is 34.3 Å². The van der Waals surface area contributed by atoms with E-state index < -0.39 is 58.6 Å². The van der Waals surface area contributed by atoms with Crippen LogP contribution in [0.3, 0.4) is 0 Å². The lowest BCUT2D eigenvalue weighted by atomic mass is 9.60. The van der Waals surface area contributed by atoms with Gasteiger partial charge in [0.05, 0.1) is 12.2 Å². The number of carbonyl (C=O) groups is 3. The number of aliphatic hydroxyl groups is 4. The van der Waals surface area contributed by atoms with E-state index in [0.717, 1.165) is 0 Å². The molecule has 3 aliphatic rings. The van der Waals surface area contributed by atoms with E-state index in [4.69, 9.17) is 17.3 Å². The largest absolute Gasteiger partial charge is 0.511 e. The monoisotopic (exact) mass is 461 g/mol. The molecule has 0 heterocycles. The Kier molecular flexibility index (Phi) is 5.15. The third kappa shape index (κ3) is 2.96. The lowest BCUT2D eigenvalue weighted by Gasteiger charge is -2.45. The van der Waals surface area contributed by atoms with Gasteiger partial charge >= 0.3 is 0 Å². The second kappa shape index (κ2) is 7.47. The fraction of sp³-hybridized carbons (Fsp3) is 0.318. The van der Waals surface area contributed by atoms with Gasteiger partial charge in [0.25, 0.3) is 5.91 Å². The molecule has 0 saturated carbocycles. The first-order chi connectivity index (χ1) is 15.0.